The van der Waals surface area contributed by atoms with Crippen LogP contribution >= 0.6 is 23.1 Å². The molecule has 9 heteroatoms. The summed E-state index contributed by atoms with van der Waals surface area (Å²) in [6.07, 6.45) is 1.62. The maximum atomic E-state index is 13.9. The van der Waals surface area contributed by atoms with Gasteiger partial charge in [0.1, 0.15) is 11.5 Å². The van der Waals surface area contributed by atoms with Gasteiger partial charge in [0.2, 0.25) is 5.91 Å². The van der Waals surface area contributed by atoms with Crippen molar-refractivity contribution in [2.75, 3.05) is 10.6 Å². The fourth-order valence-corrected chi connectivity index (χ4v) is 4.94. The third kappa shape index (κ3) is 7.41. The molecule has 0 radical (unpaired) electrons. The van der Waals surface area contributed by atoms with Gasteiger partial charge in [0.05, 0.1) is 10.9 Å². The van der Waals surface area contributed by atoms with Crippen molar-refractivity contribution in [3.05, 3.63) is 118 Å². The minimum atomic E-state index is -0.528. The van der Waals surface area contributed by atoms with Crippen LogP contribution < -0.4 is 16.0 Å². The summed E-state index contributed by atoms with van der Waals surface area (Å²) in [7, 11) is 0. The Morgan fingerprint density at radius 2 is 1.66 bits per heavy atom. The molecule has 1 heterocycles. The number of benzene rings is 3. The van der Waals surface area contributed by atoms with E-state index >= 15 is 0 Å². The van der Waals surface area contributed by atoms with E-state index in [1.807, 2.05) is 23.6 Å². The third-order valence-electron chi connectivity index (χ3n) is 5.26. The van der Waals surface area contributed by atoms with Crippen molar-refractivity contribution in [1.82, 2.24) is 5.32 Å². The molecule has 0 spiro atoms. The van der Waals surface area contributed by atoms with Gasteiger partial charge in [0.15, 0.2) is 0 Å². The van der Waals surface area contributed by atoms with E-state index in [2.05, 4.69) is 16.0 Å². The van der Waals surface area contributed by atoms with Crippen LogP contribution in [-0.2, 0) is 9.59 Å². The van der Waals surface area contributed by atoms with Crippen LogP contribution in [0.4, 0.5) is 15.8 Å². The van der Waals surface area contributed by atoms with Crippen LogP contribution in [0.3, 0.4) is 0 Å². The fourth-order valence-electron chi connectivity index (χ4n) is 3.36. The third-order valence-corrected chi connectivity index (χ3v) is 7.18. The van der Waals surface area contributed by atoms with E-state index in [1.165, 1.54) is 35.2 Å². The predicted molar refractivity (Wildman–Crippen MR) is 152 cm³/mol. The molecule has 0 saturated carbocycles. The number of nitrogens with one attached hydrogen (secondary N) is 3. The number of thioether (sulfide) groups is 1. The number of para-hydroxylation sites is 1. The van der Waals surface area contributed by atoms with Crippen molar-refractivity contribution in [2.24, 2.45) is 0 Å². The van der Waals surface area contributed by atoms with Gasteiger partial charge in [-0.25, -0.2) is 4.39 Å². The van der Waals surface area contributed by atoms with E-state index in [-0.39, 0.29) is 17.3 Å². The second-order valence-electron chi connectivity index (χ2n) is 8.10. The van der Waals surface area contributed by atoms with Gasteiger partial charge in [0.25, 0.3) is 11.8 Å². The topological polar surface area (TPSA) is 87.3 Å². The normalized spacial score (nSPS) is 11.9. The smallest absolute Gasteiger partial charge is 0.272 e. The maximum absolute atomic E-state index is 13.9. The number of carbonyl (C=O) groups is 3. The van der Waals surface area contributed by atoms with Crippen LogP contribution in [0, 0.1) is 5.82 Å². The lowest BCUT2D eigenvalue weighted by atomic mass is 10.2. The molecule has 0 fully saturated rings. The van der Waals surface area contributed by atoms with Crippen molar-refractivity contribution in [3.8, 4) is 0 Å². The Morgan fingerprint density at radius 3 is 2.39 bits per heavy atom. The zero-order valence-electron chi connectivity index (χ0n) is 20.3. The van der Waals surface area contributed by atoms with Crippen LogP contribution in [0.5, 0.6) is 0 Å². The molecule has 0 aliphatic heterocycles. The molecule has 4 rings (SSSR count). The molecule has 192 valence electrons. The number of halogens is 1. The number of thiophene rings is 1. The summed E-state index contributed by atoms with van der Waals surface area (Å²) in [6.45, 7) is 1.72. The summed E-state index contributed by atoms with van der Waals surface area (Å²) in [5.41, 5.74) is 1.14. The maximum Gasteiger partial charge on any atom is 0.272 e. The standard InChI is InChI=1S/C29H24FN3O3S2/c1-19(27(34)32-25-15-6-5-14-24(25)30)38-23-12-7-11-21(17-23)31-29(36)26(18-22-13-8-16-37-22)33-28(35)20-9-3-2-4-10-20/h2-19H,1H3,(H,31,36)(H,32,34)(H,33,35)/b26-18-. The first-order chi connectivity index (χ1) is 18.4. The lowest BCUT2D eigenvalue weighted by Gasteiger charge is -2.14. The summed E-state index contributed by atoms with van der Waals surface area (Å²) in [4.78, 5) is 40.0. The number of carbonyl (C=O) groups excluding carboxylic acids is 3. The Kier molecular flexibility index (Phi) is 9.07. The highest BCUT2D eigenvalue weighted by atomic mass is 32.2. The van der Waals surface area contributed by atoms with E-state index < -0.39 is 22.9 Å². The highest BCUT2D eigenvalue weighted by molar-refractivity contribution is 8.00. The number of rotatable bonds is 9. The second-order valence-corrected chi connectivity index (χ2v) is 10.5. The molecule has 0 bridgehead atoms. The van der Waals surface area contributed by atoms with Gasteiger partial charge in [-0.05, 0) is 66.9 Å². The highest BCUT2D eigenvalue weighted by Gasteiger charge is 2.18. The number of amides is 3. The van der Waals surface area contributed by atoms with Crippen molar-refractivity contribution in [2.45, 2.75) is 17.1 Å². The molecule has 0 saturated heterocycles. The first kappa shape index (κ1) is 26.8. The molecular weight excluding hydrogens is 521 g/mol. The van der Waals surface area contributed by atoms with Gasteiger partial charge in [-0.15, -0.1) is 23.1 Å². The van der Waals surface area contributed by atoms with Crippen LogP contribution in [-0.4, -0.2) is 23.0 Å². The minimum absolute atomic E-state index is 0.0944. The van der Waals surface area contributed by atoms with E-state index in [0.29, 0.717) is 11.3 Å². The van der Waals surface area contributed by atoms with Crippen LogP contribution in [0.25, 0.3) is 6.08 Å². The Balaban J connectivity index is 1.45. The molecule has 1 unspecified atom stereocenters. The minimum Gasteiger partial charge on any atom is -0.323 e. The van der Waals surface area contributed by atoms with Gasteiger partial charge in [0, 0.05) is 21.0 Å². The van der Waals surface area contributed by atoms with Crippen LogP contribution in [0.2, 0.25) is 0 Å². The number of hydrogen-bond donors (Lipinski definition) is 3. The van der Waals surface area contributed by atoms with Crippen molar-refractivity contribution >= 4 is 58.3 Å². The number of anilines is 2. The summed E-state index contributed by atoms with van der Waals surface area (Å²) in [5, 5.41) is 9.47. The van der Waals surface area contributed by atoms with Gasteiger partial charge in [-0.2, -0.15) is 0 Å². The summed E-state index contributed by atoms with van der Waals surface area (Å²) < 4.78 is 13.9. The van der Waals surface area contributed by atoms with Gasteiger partial charge >= 0.3 is 0 Å². The average molecular weight is 546 g/mol. The van der Waals surface area contributed by atoms with E-state index in [4.69, 9.17) is 0 Å². The van der Waals surface area contributed by atoms with Gasteiger partial charge in [-0.3, -0.25) is 14.4 Å². The van der Waals surface area contributed by atoms with Crippen molar-refractivity contribution in [3.63, 3.8) is 0 Å². The fraction of sp³-hybridized carbons (Fsp3) is 0.0690. The molecule has 3 aromatic carbocycles. The molecule has 4 aromatic rings. The molecular formula is C29H24FN3O3S2. The quantitative estimate of drug-likeness (QED) is 0.167. The molecule has 0 aliphatic rings. The Morgan fingerprint density at radius 1 is 0.895 bits per heavy atom. The molecule has 1 aromatic heterocycles. The molecule has 1 atom stereocenters. The second kappa shape index (κ2) is 12.8. The van der Waals surface area contributed by atoms with E-state index in [1.54, 1.807) is 73.7 Å². The zero-order chi connectivity index (χ0) is 26.9. The van der Waals surface area contributed by atoms with Crippen LogP contribution in [0.15, 0.2) is 107 Å². The Hall–Kier alpha value is -4.21. The lowest BCUT2D eigenvalue weighted by Crippen LogP contribution is -2.30. The Bertz CT molecular complexity index is 1460. The van der Waals surface area contributed by atoms with Crippen LogP contribution in [0.1, 0.15) is 22.2 Å². The van der Waals surface area contributed by atoms with E-state index in [9.17, 15) is 18.8 Å². The summed E-state index contributed by atoms with van der Waals surface area (Å²) in [5.74, 6) is -1.74. The van der Waals surface area contributed by atoms with E-state index in [0.717, 1.165) is 9.77 Å². The van der Waals surface area contributed by atoms with Gasteiger partial charge in [-0.1, -0.05) is 42.5 Å². The molecule has 3 amide bonds. The predicted octanol–water partition coefficient (Wildman–Crippen LogP) is 6.42. The highest BCUT2D eigenvalue weighted by Crippen LogP contribution is 2.27. The monoisotopic (exact) mass is 545 g/mol. The largest absolute Gasteiger partial charge is 0.323 e. The summed E-state index contributed by atoms with van der Waals surface area (Å²) in [6, 6.07) is 25.3. The molecule has 3 N–H and O–H groups in total. The SMILES string of the molecule is CC(Sc1cccc(NC(=O)/C(=C/c2cccs2)NC(=O)c2ccccc2)c1)C(=O)Nc1ccccc1F. The zero-order valence-corrected chi connectivity index (χ0v) is 21.9. The van der Waals surface area contributed by atoms with Crippen molar-refractivity contribution < 1.29 is 18.8 Å². The summed E-state index contributed by atoms with van der Waals surface area (Å²) >= 11 is 2.71. The molecule has 6 nitrogen and oxygen atoms in total. The molecule has 38 heavy (non-hydrogen) atoms. The first-order valence-corrected chi connectivity index (χ1v) is 13.4. The first-order valence-electron chi connectivity index (χ1n) is 11.6. The Labute approximate surface area is 228 Å². The van der Waals surface area contributed by atoms with Crippen molar-refractivity contribution in [1.29, 1.82) is 0 Å². The molecule has 0 aliphatic carbocycles. The lowest BCUT2D eigenvalue weighted by molar-refractivity contribution is -0.115. The number of hydrogen-bond acceptors (Lipinski definition) is 5. The van der Waals surface area contributed by atoms with Gasteiger partial charge < -0.3 is 16.0 Å². The average Bonchev–Trinajstić information content (AvgIpc) is 3.43.